The van der Waals surface area contributed by atoms with Crippen LogP contribution in [0.3, 0.4) is 0 Å². The van der Waals surface area contributed by atoms with E-state index in [9.17, 15) is 0 Å². The van der Waals surface area contributed by atoms with Gasteiger partial charge in [0.2, 0.25) is 0 Å². The molecule has 1 rings (SSSR count). The van der Waals surface area contributed by atoms with E-state index in [0.717, 1.165) is 12.1 Å². The lowest BCUT2D eigenvalue weighted by Gasteiger charge is -2.16. The Morgan fingerprint density at radius 2 is 1.79 bits per heavy atom. The number of hydrogen-bond acceptors (Lipinski definition) is 2. The zero-order chi connectivity index (χ0) is 10.4. The van der Waals surface area contributed by atoms with Crippen LogP contribution >= 0.6 is 0 Å². The minimum atomic E-state index is 0.654. The molecule has 2 heteroatoms. The van der Waals surface area contributed by atoms with Crippen molar-refractivity contribution < 1.29 is 0 Å². The van der Waals surface area contributed by atoms with Crippen LogP contribution in [0, 0.1) is 0 Å². The highest BCUT2D eigenvalue weighted by Gasteiger charge is 1.97. The van der Waals surface area contributed by atoms with E-state index in [1.165, 1.54) is 5.56 Å². The van der Waals surface area contributed by atoms with E-state index in [0.29, 0.717) is 6.54 Å². The van der Waals surface area contributed by atoms with Crippen LogP contribution in [0.1, 0.15) is 5.56 Å². The van der Waals surface area contributed by atoms with Crippen molar-refractivity contribution in [1.29, 1.82) is 0 Å². The summed E-state index contributed by atoms with van der Waals surface area (Å²) in [7, 11) is 0. The maximum Gasteiger partial charge on any atom is 0.0521 e. The smallest absolute Gasteiger partial charge is 0.0521 e. The first-order valence-electron chi connectivity index (χ1n) is 4.61. The molecule has 0 fully saturated rings. The number of rotatable bonds is 5. The SMILES string of the molecule is C=CCc1ccc(N(N)CC=C)cc1. The van der Waals surface area contributed by atoms with Crippen molar-refractivity contribution in [1.82, 2.24) is 0 Å². The summed E-state index contributed by atoms with van der Waals surface area (Å²) in [5, 5.41) is 1.66. The molecule has 0 bridgehead atoms. The Labute approximate surface area is 85.3 Å². The largest absolute Gasteiger partial charge is 0.307 e. The third-order valence-electron chi connectivity index (χ3n) is 1.97. The minimum absolute atomic E-state index is 0.654. The van der Waals surface area contributed by atoms with E-state index in [1.807, 2.05) is 18.2 Å². The molecule has 0 atom stereocenters. The molecule has 0 saturated heterocycles. The fourth-order valence-electron chi connectivity index (χ4n) is 1.23. The van der Waals surface area contributed by atoms with Gasteiger partial charge in [0.1, 0.15) is 0 Å². The lowest BCUT2D eigenvalue weighted by atomic mass is 10.1. The van der Waals surface area contributed by atoms with Crippen molar-refractivity contribution in [2.75, 3.05) is 11.6 Å². The maximum absolute atomic E-state index is 5.77. The van der Waals surface area contributed by atoms with Crippen LogP contribution in [0.5, 0.6) is 0 Å². The molecule has 0 amide bonds. The first-order valence-corrected chi connectivity index (χ1v) is 4.61. The molecule has 0 unspecified atom stereocenters. The summed E-state index contributed by atoms with van der Waals surface area (Å²) in [5.41, 5.74) is 2.24. The Morgan fingerprint density at radius 1 is 1.14 bits per heavy atom. The molecule has 0 radical (unpaired) electrons. The van der Waals surface area contributed by atoms with Gasteiger partial charge in [0, 0.05) is 0 Å². The van der Waals surface area contributed by atoms with E-state index in [1.54, 1.807) is 11.1 Å². The Balaban J connectivity index is 2.71. The van der Waals surface area contributed by atoms with Gasteiger partial charge in [0.15, 0.2) is 0 Å². The number of hydrazine groups is 1. The molecule has 1 aromatic rings. The van der Waals surface area contributed by atoms with Crippen LogP contribution in [0.25, 0.3) is 0 Å². The van der Waals surface area contributed by atoms with Gasteiger partial charge in [-0.2, -0.15) is 0 Å². The Bertz CT molecular complexity index is 301. The number of nitrogens with zero attached hydrogens (tertiary/aromatic N) is 1. The topological polar surface area (TPSA) is 29.3 Å². The molecular weight excluding hydrogens is 172 g/mol. The first-order chi connectivity index (χ1) is 6.77. The van der Waals surface area contributed by atoms with E-state index < -0.39 is 0 Å². The zero-order valence-corrected chi connectivity index (χ0v) is 8.32. The summed E-state index contributed by atoms with van der Waals surface area (Å²) >= 11 is 0. The Morgan fingerprint density at radius 3 is 2.29 bits per heavy atom. The van der Waals surface area contributed by atoms with Crippen LogP contribution in [-0.4, -0.2) is 6.54 Å². The Kier molecular flexibility index (Phi) is 3.95. The molecular formula is C12H16N2. The zero-order valence-electron chi connectivity index (χ0n) is 8.32. The molecule has 0 spiro atoms. The summed E-state index contributed by atoms with van der Waals surface area (Å²) < 4.78 is 0. The molecule has 0 aromatic heterocycles. The number of hydrogen-bond donors (Lipinski definition) is 1. The van der Waals surface area contributed by atoms with Gasteiger partial charge < -0.3 is 5.01 Å². The van der Waals surface area contributed by atoms with Crippen LogP contribution in [0.15, 0.2) is 49.6 Å². The average Bonchev–Trinajstić information content (AvgIpc) is 2.20. The number of allylic oxidation sites excluding steroid dienone is 1. The van der Waals surface area contributed by atoms with Crippen molar-refractivity contribution >= 4 is 5.69 Å². The van der Waals surface area contributed by atoms with E-state index in [2.05, 4.69) is 25.3 Å². The molecule has 0 heterocycles. The summed E-state index contributed by atoms with van der Waals surface area (Å²) in [4.78, 5) is 0. The fourth-order valence-corrected chi connectivity index (χ4v) is 1.23. The first kappa shape index (κ1) is 10.5. The molecule has 2 nitrogen and oxygen atoms in total. The second-order valence-electron chi connectivity index (χ2n) is 3.10. The number of anilines is 1. The third kappa shape index (κ3) is 2.75. The van der Waals surface area contributed by atoms with E-state index >= 15 is 0 Å². The van der Waals surface area contributed by atoms with Gasteiger partial charge in [0.05, 0.1) is 12.2 Å². The molecule has 0 aliphatic carbocycles. The predicted octanol–water partition coefficient (Wildman–Crippen LogP) is 2.28. The van der Waals surface area contributed by atoms with Crippen molar-refractivity contribution in [3.05, 3.63) is 55.1 Å². The highest BCUT2D eigenvalue weighted by Crippen LogP contribution is 2.12. The molecule has 74 valence electrons. The van der Waals surface area contributed by atoms with Gasteiger partial charge in [-0.3, -0.25) is 0 Å². The molecule has 0 aliphatic rings. The second-order valence-corrected chi connectivity index (χ2v) is 3.10. The minimum Gasteiger partial charge on any atom is -0.307 e. The van der Waals surface area contributed by atoms with Crippen LogP contribution in [0.4, 0.5) is 5.69 Å². The quantitative estimate of drug-likeness (QED) is 0.436. The van der Waals surface area contributed by atoms with Crippen molar-refractivity contribution in [2.24, 2.45) is 5.84 Å². The van der Waals surface area contributed by atoms with Gasteiger partial charge in [0.25, 0.3) is 0 Å². The Hall–Kier alpha value is -1.54. The predicted molar refractivity (Wildman–Crippen MR) is 62.1 cm³/mol. The summed E-state index contributed by atoms with van der Waals surface area (Å²) in [6, 6.07) is 8.12. The van der Waals surface area contributed by atoms with E-state index in [4.69, 9.17) is 5.84 Å². The second kappa shape index (κ2) is 5.25. The van der Waals surface area contributed by atoms with E-state index in [-0.39, 0.29) is 0 Å². The van der Waals surface area contributed by atoms with Gasteiger partial charge in [-0.05, 0) is 24.1 Å². The number of benzene rings is 1. The van der Waals surface area contributed by atoms with Crippen LogP contribution in [0.2, 0.25) is 0 Å². The fraction of sp³-hybridized carbons (Fsp3) is 0.167. The van der Waals surface area contributed by atoms with Gasteiger partial charge in [-0.25, -0.2) is 5.84 Å². The molecule has 0 aliphatic heterocycles. The lowest BCUT2D eigenvalue weighted by Crippen LogP contribution is -2.30. The molecule has 2 N–H and O–H groups in total. The molecule has 1 aromatic carbocycles. The molecule has 14 heavy (non-hydrogen) atoms. The summed E-state index contributed by atoms with van der Waals surface area (Å²) in [6.45, 7) is 7.99. The van der Waals surface area contributed by atoms with Crippen molar-refractivity contribution in [2.45, 2.75) is 6.42 Å². The normalized spacial score (nSPS) is 9.50. The van der Waals surface area contributed by atoms with Crippen molar-refractivity contribution in [3.63, 3.8) is 0 Å². The van der Waals surface area contributed by atoms with Gasteiger partial charge >= 0.3 is 0 Å². The summed E-state index contributed by atoms with van der Waals surface area (Å²) in [6.07, 6.45) is 4.56. The monoisotopic (exact) mass is 188 g/mol. The number of nitrogens with two attached hydrogens (primary N) is 1. The highest BCUT2D eigenvalue weighted by atomic mass is 15.4. The van der Waals surface area contributed by atoms with Crippen LogP contribution in [-0.2, 0) is 6.42 Å². The molecule has 0 saturated carbocycles. The lowest BCUT2D eigenvalue weighted by molar-refractivity contribution is 0.940. The highest BCUT2D eigenvalue weighted by molar-refractivity contribution is 5.46. The van der Waals surface area contributed by atoms with Crippen molar-refractivity contribution in [3.8, 4) is 0 Å². The standard InChI is InChI=1S/C12H16N2/c1-3-5-11-6-8-12(9-7-11)14(13)10-4-2/h3-4,6-9H,1-2,5,10,13H2. The van der Waals surface area contributed by atoms with Gasteiger partial charge in [-0.1, -0.05) is 24.3 Å². The maximum atomic E-state index is 5.77. The van der Waals surface area contributed by atoms with Crippen LogP contribution < -0.4 is 10.9 Å². The average molecular weight is 188 g/mol. The van der Waals surface area contributed by atoms with Gasteiger partial charge in [-0.15, -0.1) is 13.2 Å². The summed E-state index contributed by atoms with van der Waals surface area (Å²) in [5.74, 6) is 5.77. The third-order valence-corrected chi connectivity index (χ3v) is 1.97.